The van der Waals surface area contributed by atoms with Crippen LogP contribution in [0, 0.1) is 0 Å². The summed E-state index contributed by atoms with van der Waals surface area (Å²) < 4.78 is 43.6. The predicted octanol–water partition coefficient (Wildman–Crippen LogP) is 3.07. The molecule has 0 N–H and O–H groups in total. The third kappa shape index (κ3) is 3.78. The van der Waals surface area contributed by atoms with Crippen molar-refractivity contribution in [2.45, 2.75) is 30.3 Å². The minimum Gasteiger partial charge on any atom is -0.497 e. The van der Waals surface area contributed by atoms with E-state index in [1.807, 2.05) is 24.3 Å². The molecule has 0 aliphatic heterocycles. The van der Waals surface area contributed by atoms with Crippen LogP contribution in [-0.2, 0) is 16.6 Å². The molecule has 7 heteroatoms. The number of rotatable bonds is 8. The summed E-state index contributed by atoms with van der Waals surface area (Å²) in [7, 11) is 0.972. The first-order valence-electron chi connectivity index (χ1n) is 8.36. The van der Waals surface area contributed by atoms with Gasteiger partial charge in [-0.3, -0.25) is 0 Å². The van der Waals surface area contributed by atoms with Gasteiger partial charge in [0.15, 0.2) is 11.5 Å². The second-order valence-electron chi connectivity index (χ2n) is 6.15. The van der Waals surface area contributed by atoms with E-state index in [2.05, 4.69) is 0 Å². The Balaban J connectivity index is 1.91. The highest BCUT2D eigenvalue weighted by atomic mass is 32.2. The lowest BCUT2D eigenvalue weighted by Crippen LogP contribution is -2.32. The first kappa shape index (κ1) is 18.5. The van der Waals surface area contributed by atoms with Crippen LogP contribution < -0.4 is 14.2 Å². The van der Waals surface area contributed by atoms with E-state index in [9.17, 15) is 8.42 Å². The Labute approximate surface area is 154 Å². The molecule has 0 saturated heterocycles. The van der Waals surface area contributed by atoms with Crippen LogP contribution in [0.3, 0.4) is 0 Å². The van der Waals surface area contributed by atoms with E-state index in [0.717, 1.165) is 24.2 Å². The maximum absolute atomic E-state index is 13.2. The summed E-state index contributed by atoms with van der Waals surface area (Å²) >= 11 is 0. The van der Waals surface area contributed by atoms with E-state index in [1.54, 1.807) is 23.5 Å². The SMILES string of the molecule is COc1ccc(CN(C2CC2)S(=O)(=O)c2ccc(OC)c(OC)c2)cc1. The van der Waals surface area contributed by atoms with Gasteiger partial charge >= 0.3 is 0 Å². The molecule has 0 radical (unpaired) electrons. The largest absolute Gasteiger partial charge is 0.497 e. The van der Waals surface area contributed by atoms with Crippen molar-refractivity contribution in [3.8, 4) is 17.2 Å². The molecule has 1 fully saturated rings. The monoisotopic (exact) mass is 377 g/mol. The van der Waals surface area contributed by atoms with Crippen molar-refractivity contribution in [3.63, 3.8) is 0 Å². The zero-order valence-corrected chi connectivity index (χ0v) is 16.0. The molecule has 3 rings (SSSR count). The van der Waals surface area contributed by atoms with Crippen molar-refractivity contribution in [3.05, 3.63) is 48.0 Å². The number of ether oxygens (including phenoxy) is 3. The molecule has 2 aromatic rings. The van der Waals surface area contributed by atoms with Gasteiger partial charge in [-0.05, 0) is 42.7 Å². The van der Waals surface area contributed by atoms with Gasteiger partial charge in [0.05, 0.1) is 26.2 Å². The van der Waals surface area contributed by atoms with E-state index >= 15 is 0 Å². The second kappa shape index (κ2) is 7.55. The molecule has 0 unspecified atom stereocenters. The molecular weight excluding hydrogens is 354 g/mol. The number of sulfonamides is 1. The Hall–Kier alpha value is -2.25. The maximum Gasteiger partial charge on any atom is 0.243 e. The fourth-order valence-electron chi connectivity index (χ4n) is 2.80. The van der Waals surface area contributed by atoms with Crippen LogP contribution in [0.4, 0.5) is 0 Å². The molecule has 1 saturated carbocycles. The normalized spacial score (nSPS) is 14.3. The molecule has 6 nitrogen and oxygen atoms in total. The molecule has 2 aromatic carbocycles. The van der Waals surface area contributed by atoms with E-state index in [0.29, 0.717) is 18.0 Å². The quantitative estimate of drug-likeness (QED) is 0.707. The Morgan fingerprint density at radius 3 is 2.12 bits per heavy atom. The molecule has 1 aliphatic carbocycles. The van der Waals surface area contributed by atoms with E-state index < -0.39 is 10.0 Å². The molecule has 0 bridgehead atoms. The number of hydrogen-bond donors (Lipinski definition) is 0. The summed E-state index contributed by atoms with van der Waals surface area (Å²) in [5.74, 6) is 1.64. The zero-order chi connectivity index (χ0) is 18.7. The van der Waals surface area contributed by atoms with E-state index in [-0.39, 0.29) is 10.9 Å². The lowest BCUT2D eigenvalue weighted by Gasteiger charge is -2.22. The van der Waals surface area contributed by atoms with Gasteiger partial charge in [-0.1, -0.05) is 12.1 Å². The molecule has 0 aromatic heterocycles. The van der Waals surface area contributed by atoms with Gasteiger partial charge in [0.2, 0.25) is 10.0 Å². The highest BCUT2D eigenvalue weighted by Gasteiger charge is 2.38. The first-order chi connectivity index (χ1) is 12.5. The molecule has 26 heavy (non-hydrogen) atoms. The predicted molar refractivity (Wildman–Crippen MR) is 98.3 cm³/mol. The smallest absolute Gasteiger partial charge is 0.243 e. The van der Waals surface area contributed by atoms with Crippen molar-refractivity contribution < 1.29 is 22.6 Å². The number of methoxy groups -OCH3 is 3. The number of hydrogen-bond acceptors (Lipinski definition) is 5. The van der Waals surface area contributed by atoms with E-state index in [1.165, 1.54) is 20.3 Å². The van der Waals surface area contributed by atoms with Crippen LogP contribution in [-0.4, -0.2) is 40.1 Å². The molecule has 0 atom stereocenters. The van der Waals surface area contributed by atoms with Gasteiger partial charge in [0.1, 0.15) is 5.75 Å². The third-order valence-electron chi connectivity index (χ3n) is 4.41. The van der Waals surface area contributed by atoms with Crippen LogP contribution in [0.1, 0.15) is 18.4 Å². The standard InChI is InChI=1S/C19H23NO5S/c1-23-16-8-4-14(5-9-16)13-20(15-6-7-15)26(21,22)17-10-11-18(24-2)19(12-17)25-3/h4-5,8-12,15H,6-7,13H2,1-3H3. The summed E-state index contributed by atoms with van der Waals surface area (Å²) in [6.45, 7) is 0.325. The Bertz CT molecular complexity index is 860. The summed E-state index contributed by atoms with van der Waals surface area (Å²) in [5.41, 5.74) is 0.918. The lowest BCUT2D eigenvalue weighted by molar-refractivity contribution is 0.353. The van der Waals surface area contributed by atoms with Crippen LogP contribution in [0.25, 0.3) is 0 Å². The minimum atomic E-state index is -3.64. The fraction of sp³-hybridized carbons (Fsp3) is 0.368. The van der Waals surface area contributed by atoms with Gasteiger partial charge in [0.25, 0.3) is 0 Å². The van der Waals surface area contributed by atoms with Crippen molar-refractivity contribution >= 4 is 10.0 Å². The maximum atomic E-state index is 13.2. The van der Waals surface area contributed by atoms with Crippen molar-refractivity contribution in [1.82, 2.24) is 4.31 Å². The summed E-state index contributed by atoms with van der Waals surface area (Å²) in [6, 6.07) is 12.2. The second-order valence-corrected chi connectivity index (χ2v) is 8.04. The van der Waals surface area contributed by atoms with Gasteiger partial charge < -0.3 is 14.2 Å². The van der Waals surface area contributed by atoms with Crippen LogP contribution in [0.15, 0.2) is 47.4 Å². The Morgan fingerprint density at radius 1 is 0.923 bits per heavy atom. The average molecular weight is 377 g/mol. The number of benzene rings is 2. The van der Waals surface area contributed by atoms with Gasteiger partial charge in [-0.15, -0.1) is 0 Å². The minimum absolute atomic E-state index is 0.0372. The van der Waals surface area contributed by atoms with Crippen LogP contribution in [0.5, 0.6) is 17.2 Å². The summed E-state index contributed by atoms with van der Waals surface area (Å²) in [4.78, 5) is 0.204. The van der Waals surface area contributed by atoms with Gasteiger partial charge in [-0.2, -0.15) is 4.31 Å². The van der Waals surface area contributed by atoms with Crippen molar-refractivity contribution in [2.75, 3.05) is 21.3 Å². The summed E-state index contributed by atoms with van der Waals surface area (Å²) in [6.07, 6.45) is 1.76. The first-order valence-corrected chi connectivity index (χ1v) is 9.80. The van der Waals surface area contributed by atoms with Crippen LogP contribution >= 0.6 is 0 Å². The topological polar surface area (TPSA) is 65.1 Å². The summed E-state index contributed by atoms with van der Waals surface area (Å²) in [5, 5.41) is 0. The molecule has 0 heterocycles. The fourth-order valence-corrected chi connectivity index (χ4v) is 4.49. The van der Waals surface area contributed by atoms with Crippen LogP contribution in [0.2, 0.25) is 0 Å². The molecule has 1 aliphatic rings. The van der Waals surface area contributed by atoms with Gasteiger partial charge in [-0.25, -0.2) is 8.42 Å². The highest BCUT2D eigenvalue weighted by Crippen LogP contribution is 2.36. The van der Waals surface area contributed by atoms with Gasteiger partial charge in [0, 0.05) is 18.7 Å². The Kier molecular flexibility index (Phi) is 5.38. The molecule has 140 valence electrons. The Morgan fingerprint density at radius 2 is 1.58 bits per heavy atom. The lowest BCUT2D eigenvalue weighted by atomic mass is 10.2. The number of nitrogens with zero attached hydrogens (tertiary/aromatic N) is 1. The van der Waals surface area contributed by atoms with E-state index in [4.69, 9.17) is 14.2 Å². The highest BCUT2D eigenvalue weighted by molar-refractivity contribution is 7.89. The van der Waals surface area contributed by atoms with Crippen molar-refractivity contribution in [2.24, 2.45) is 0 Å². The van der Waals surface area contributed by atoms with Crippen molar-refractivity contribution in [1.29, 1.82) is 0 Å². The average Bonchev–Trinajstić information content (AvgIpc) is 3.50. The third-order valence-corrected chi connectivity index (χ3v) is 6.31. The zero-order valence-electron chi connectivity index (χ0n) is 15.1. The molecule has 0 amide bonds. The molecular formula is C19H23NO5S. The molecule has 0 spiro atoms.